The molecule has 9 nitrogen and oxygen atoms in total. The molecular weight excluding hydrogens is 423 g/mol. The van der Waals surface area contributed by atoms with Gasteiger partial charge in [-0.2, -0.15) is 0 Å². The van der Waals surface area contributed by atoms with Gasteiger partial charge in [0.15, 0.2) is 0 Å². The molecule has 0 spiro atoms. The van der Waals surface area contributed by atoms with Gasteiger partial charge < -0.3 is 14.9 Å². The SMILES string of the molecule is O=C(O)C(=O)O.O=S(=O)(NCCCN1CCOCC1)c1c(Cl)cccc1Cl. The van der Waals surface area contributed by atoms with E-state index in [4.69, 9.17) is 47.7 Å². The molecule has 1 aromatic carbocycles. The standard InChI is InChI=1S/C13H18Cl2N2O3S.C2H2O4/c14-11-3-1-4-12(15)13(11)21(18,19)16-5-2-6-17-7-9-20-10-8-17;3-1(4)2(5)6/h1,3-4,16H,2,5-10H2;(H,3,4)(H,5,6). The number of hydrogen-bond acceptors (Lipinski definition) is 6. The molecule has 2 rings (SSSR count). The van der Waals surface area contributed by atoms with Crippen molar-refractivity contribution in [3.8, 4) is 0 Å². The molecule has 0 radical (unpaired) electrons. The first-order chi connectivity index (χ1) is 12.6. The number of aliphatic carboxylic acids is 2. The van der Waals surface area contributed by atoms with Gasteiger partial charge in [-0.25, -0.2) is 22.7 Å². The zero-order chi connectivity index (χ0) is 20.4. The van der Waals surface area contributed by atoms with Gasteiger partial charge in [0.2, 0.25) is 10.0 Å². The number of nitrogens with zero attached hydrogens (tertiary/aromatic N) is 1. The molecular formula is C15H20Cl2N2O7S. The van der Waals surface area contributed by atoms with Gasteiger partial charge in [-0.3, -0.25) is 4.90 Å². The molecule has 12 heteroatoms. The molecule has 27 heavy (non-hydrogen) atoms. The fourth-order valence-electron chi connectivity index (χ4n) is 2.15. The summed E-state index contributed by atoms with van der Waals surface area (Å²) in [7, 11) is -3.68. The van der Waals surface area contributed by atoms with Crippen LogP contribution >= 0.6 is 23.2 Å². The highest BCUT2D eigenvalue weighted by atomic mass is 35.5. The van der Waals surface area contributed by atoms with Gasteiger partial charge >= 0.3 is 11.9 Å². The minimum Gasteiger partial charge on any atom is -0.473 e. The molecule has 0 amide bonds. The Hall–Kier alpha value is -1.43. The Morgan fingerprint density at radius 3 is 2.11 bits per heavy atom. The Kier molecular flexibility index (Phi) is 9.99. The van der Waals surface area contributed by atoms with Crippen LogP contribution in [0, 0.1) is 0 Å². The largest absolute Gasteiger partial charge is 0.473 e. The van der Waals surface area contributed by atoms with Gasteiger partial charge in [0, 0.05) is 19.6 Å². The molecule has 0 aliphatic carbocycles. The summed E-state index contributed by atoms with van der Waals surface area (Å²) in [6.45, 7) is 4.44. The van der Waals surface area contributed by atoms with Gasteiger partial charge in [-0.05, 0) is 25.1 Å². The molecule has 152 valence electrons. The van der Waals surface area contributed by atoms with Crippen LogP contribution in [0.5, 0.6) is 0 Å². The minimum absolute atomic E-state index is 0.0558. The van der Waals surface area contributed by atoms with E-state index in [2.05, 4.69) is 9.62 Å². The van der Waals surface area contributed by atoms with Gasteiger partial charge in [-0.15, -0.1) is 0 Å². The van der Waals surface area contributed by atoms with Crippen molar-refractivity contribution >= 4 is 45.2 Å². The number of rotatable bonds is 6. The molecule has 0 bridgehead atoms. The molecule has 3 N–H and O–H groups in total. The third-order valence-corrected chi connectivity index (χ3v) is 5.83. The highest BCUT2D eigenvalue weighted by Crippen LogP contribution is 2.28. The zero-order valence-corrected chi connectivity index (χ0v) is 16.6. The van der Waals surface area contributed by atoms with Crippen LogP contribution < -0.4 is 4.72 Å². The number of ether oxygens (including phenoxy) is 1. The summed E-state index contributed by atoms with van der Waals surface area (Å²) in [4.78, 5) is 20.4. The Balaban J connectivity index is 0.000000527. The third-order valence-electron chi connectivity index (χ3n) is 3.42. The van der Waals surface area contributed by atoms with Gasteiger partial charge in [0.25, 0.3) is 0 Å². The number of nitrogens with one attached hydrogen (secondary N) is 1. The maximum absolute atomic E-state index is 12.2. The lowest BCUT2D eigenvalue weighted by Crippen LogP contribution is -2.38. The number of carboxylic acids is 2. The summed E-state index contributed by atoms with van der Waals surface area (Å²) in [5, 5.41) is 15.0. The fourth-order valence-corrected chi connectivity index (χ4v) is 4.36. The minimum atomic E-state index is -3.68. The second kappa shape index (κ2) is 11.4. The monoisotopic (exact) mass is 442 g/mol. The average Bonchev–Trinajstić information content (AvgIpc) is 2.60. The van der Waals surface area contributed by atoms with Crippen LogP contribution in [0.1, 0.15) is 6.42 Å². The summed E-state index contributed by atoms with van der Waals surface area (Å²) < 4.78 is 32.2. The average molecular weight is 443 g/mol. The van der Waals surface area contributed by atoms with Crippen LogP contribution in [0.25, 0.3) is 0 Å². The van der Waals surface area contributed by atoms with E-state index in [0.717, 1.165) is 39.3 Å². The van der Waals surface area contributed by atoms with E-state index in [1.807, 2.05) is 0 Å². The van der Waals surface area contributed by atoms with Crippen LogP contribution in [0.4, 0.5) is 0 Å². The predicted molar refractivity (Wildman–Crippen MR) is 98.8 cm³/mol. The first-order valence-electron chi connectivity index (χ1n) is 7.85. The lowest BCUT2D eigenvalue weighted by atomic mass is 10.3. The molecule has 1 fully saturated rings. The molecule has 0 saturated carbocycles. The van der Waals surface area contributed by atoms with E-state index in [-0.39, 0.29) is 14.9 Å². The Morgan fingerprint density at radius 1 is 1.11 bits per heavy atom. The van der Waals surface area contributed by atoms with Crippen LogP contribution in [-0.4, -0.2) is 74.9 Å². The maximum atomic E-state index is 12.2. The van der Waals surface area contributed by atoms with Crippen molar-refractivity contribution in [2.75, 3.05) is 39.4 Å². The van der Waals surface area contributed by atoms with Crippen LogP contribution in [0.2, 0.25) is 10.0 Å². The number of carbonyl (C=O) groups is 2. The Morgan fingerprint density at radius 2 is 1.63 bits per heavy atom. The van der Waals surface area contributed by atoms with Crippen molar-refractivity contribution < 1.29 is 33.0 Å². The van der Waals surface area contributed by atoms with Gasteiger partial charge in [-0.1, -0.05) is 29.3 Å². The summed E-state index contributed by atoms with van der Waals surface area (Å²) in [6, 6.07) is 4.63. The van der Waals surface area contributed by atoms with Crippen molar-refractivity contribution in [2.45, 2.75) is 11.3 Å². The van der Waals surface area contributed by atoms with Crippen molar-refractivity contribution in [1.82, 2.24) is 9.62 Å². The zero-order valence-electron chi connectivity index (χ0n) is 14.2. The fraction of sp³-hybridized carbons (Fsp3) is 0.467. The summed E-state index contributed by atoms with van der Waals surface area (Å²) in [6.07, 6.45) is 0.724. The molecule has 1 saturated heterocycles. The van der Waals surface area contributed by atoms with Crippen molar-refractivity contribution in [1.29, 1.82) is 0 Å². The van der Waals surface area contributed by atoms with E-state index < -0.39 is 22.0 Å². The van der Waals surface area contributed by atoms with Gasteiger partial charge in [0.1, 0.15) is 4.90 Å². The van der Waals surface area contributed by atoms with E-state index in [1.165, 1.54) is 12.1 Å². The van der Waals surface area contributed by atoms with Crippen molar-refractivity contribution in [2.24, 2.45) is 0 Å². The molecule has 0 atom stereocenters. The topological polar surface area (TPSA) is 133 Å². The quantitative estimate of drug-likeness (QED) is 0.441. The summed E-state index contributed by atoms with van der Waals surface area (Å²) in [5.74, 6) is -3.65. The number of morpholine rings is 1. The van der Waals surface area contributed by atoms with Crippen molar-refractivity contribution in [3.63, 3.8) is 0 Å². The Labute approximate surface area is 166 Å². The van der Waals surface area contributed by atoms with Crippen LogP contribution in [-0.2, 0) is 24.3 Å². The molecule has 0 unspecified atom stereocenters. The highest BCUT2D eigenvalue weighted by molar-refractivity contribution is 7.89. The number of hydrogen-bond donors (Lipinski definition) is 3. The number of halogens is 2. The predicted octanol–water partition coefficient (Wildman–Crippen LogP) is 1.15. The van der Waals surface area contributed by atoms with E-state index >= 15 is 0 Å². The molecule has 1 aliphatic heterocycles. The normalized spacial score (nSPS) is 14.9. The summed E-state index contributed by atoms with van der Waals surface area (Å²) >= 11 is 11.8. The lowest BCUT2D eigenvalue weighted by Gasteiger charge is -2.26. The molecule has 1 aromatic rings. The number of sulfonamides is 1. The van der Waals surface area contributed by atoms with E-state index in [9.17, 15) is 8.42 Å². The van der Waals surface area contributed by atoms with Crippen LogP contribution in [0.15, 0.2) is 23.1 Å². The number of carboxylic acid groups (broad SMARTS) is 2. The maximum Gasteiger partial charge on any atom is 0.414 e. The summed E-state index contributed by atoms with van der Waals surface area (Å²) in [5.41, 5.74) is 0. The smallest absolute Gasteiger partial charge is 0.414 e. The number of benzene rings is 1. The first-order valence-corrected chi connectivity index (χ1v) is 10.1. The third kappa shape index (κ3) is 8.41. The van der Waals surface area contributed by atoms with Gasteiger partial charge in [0.05, 0.1) is 23.3 Å². The second-order valence-corrected chi connectivity index (χ2v) is 7.88. The van der Waals surface area contributed by atoms with Crippen LogP contribution in [0.3, 0.4) is 0 Å². The van der Waals surface area contributed by atoms with E-state index in [0.29, 0.717) is 6.54 Å². The second-order valence-electron chi connectivity index (χ2n) is 5.37. The molecule has 0 aromatic heterocycles. The Bertz CT molecular complexity index is 720. The molecule has 1 heterocycles. The lowest BCUT2D eigenvalue weighted by molar-refractivity contribution is -0.159. The molecule has 1 aliphatic rings. The highest BCUT2D eigenvalue weighted by Gasteiger charge is 2.21. The van der Waals surface area contributed by atoms with Crippen molar-refractivity contribution in [3.05, 3.63) is 28.2 Å². The van der Waals surface area contributed by atoms with E-state index in [1.54, 1.807) is 6.07 Å². The first kappa shape index (κ1) is 23.6.